The Morgan fingerprint density at radius 2 is 1.82 bits per heavy atom. The zero-order valence-electron chi connectivity index (χ0n) is 10.9. The summed E-state index contributed by atoms with van der Waals surface area (Å²) < 4.78 is 0. The summed E-state index contributed by atoms with van der Waals surface area (Å²) in [5.74, 6) is 5.81. The number of hydrogen-bond acceptors (Lipinski definition) is 2. The minimum absolute atomic E-state index is 0.823. The third-order valence-electron chi connectivity index (χ3n) is 6.23. The van der Waals surface area contributed by atoms with E-state index in [0.29, 0.717) is 0 Å². The molecule has 0 aromatic rings. The lowest BCUT2D eigenvalue weighted by Crippen LogP contribution is -2.46. The van der Waals surface area contributed by atoms with Gasteiger partial charge in [-0.1, -0.05) is 13.3 Å². The molecule has 0 spiro atoms. The summed E-state index contributed by atoms with van der Waals surface area (Å²) in [5.41, 5.74) is 0. The second kappa shape index (κ2) is 4.16. The van der Waals surface area contributed by atoms with Crippen LogP contribution in [0.2, 0.25) is 0 Å². The topological polar surface area (TPSA) is 12.0 Å². The van der Waals surface area contributed by atoms with Crippen LogP contribution in [-0.4, -0.2) is 23.1 Å². The van der Waals surface area contributed by atoms with Crippen LogP contribution in [-0.2, 0) is 0 Å². The molecule has 0 aromatic carbocycles. The van der Waals surface area contributed by atoms with Gasteiger partial charge in [-0.2, -0.15) is 11.8 Å². The molecule has 3 saturated carbocycles. The molecule has 2 bridgehead atoms. The predicted octanol–water partition coefficient (Wildman–Crippen LogP) is 3.29. The van der Waals surface area contributed by atoms with Crippen molar-refractivity contribution in [3.63, 3.8) is 0 Å². The van der Waals surface area contributed by atoms with Crippen LogP contribution in [0.4, 0.5) is 0 Å². The second-order valence-electron chi connectivity index (χ2n) is 6.90. The smallest absolute Gasteiger partial charge is 0.0194 e. The maximum absolute atomic E-state index is 4.05. The molecule has 4 fully saturated rings. The molecule has 7 unspecified atom stereocenters. The molecule has 1 N–H and O–H groups in total. The van der Waals surface area contributed by atoms with Gasteiger partial charge in [-0.25, -0.2) is 0 Å². The van der Waals surface area contributed by atoms with E-state index >= 15 is 0 Å². The number of rotatable bonds is 2. The van der Waals surface area contributed by atoms with Crippen LogP contribution in [0, 0.1) is 23.7 Å². The van der Waals surface area contributed by atoms with E-state index in [1.54, 1.807) is 19.3 Å². The van der Waals surface area contributed by atoms with Gasteiger partial charge in [-0.3, -0.25) is 0 Å². The molecule has 0 amide bonds. The molecule has 1 heterocycles. The summed E-state index contributed by atoms with van der Waals surface area (Å²) in [6, 6.07) is 1.72. The lowest BCUT2D eigenvalue weighted by atomic mass is 9.79. The van der Waals surface area contributed by atoms with Crippen molar-refractivity contribution >= 4 is 11.8 Å². The Bertz CT molecular complexity index is 305. The lowest BCUT2D eigenvalue weighted by Gasteiger charge is -2.34. The normalized spacial score (nSPS) is 56.6. The van der Waals surface area contributed by atoms with Gasteiger partial charge in [0, 0.05) is 17.3 Å². The molecule has 17 heavy (non-hydrogen) atoms. The summed E-state index contributed by atoms with van der Waals surface area (Å²) >= 11 is 2.17. The zero-order chi connectivity index (χ0) is 11.4. The molecule has 3 aliphatic carbocycles. The first-order chi connectivity index (χ1) is 8.33. The summed E-state index contributed by atoms with van der Waals surface area (Å²) in [4.78, 5) is 0. The second-order valence-corrected chi connectivity index (χ2v) is 8.38. The van der Waals surface area contributed by atoms with Crippen molar-refractivity contribution in [1.82, 2.24) is 5.32 Å². The van der Waals surface area contributed by atoms with E-state index < -0.39 is 0 Å². The van der Waals surface area contributed by atoms with Gasteiger partial charge in [-0.15, -0.1) is 0 Å². The number of fused-ring (bicyclic) bond motifs is 5. The van der Waals surface area contributed by atoms with E-state index in [2.05, 4.69) is 24.0 Å². The highest BCUT2D eigenvalue weighted by molar-refractivity contribution is 8.00. The van der Waals surface area contributed by atoms with E-state index in [9.17, 15) is 0 Å². The van der Waals surface area contributed by atoms with Crippen molar-refractivity contribution in [2.24, 2.45) is 23.7 Å². The highest BCUT2D eigenvalue weighted by Gasteiger charge is 2.54. The van der Waals surface area contributed by atoms with Crippen LogP contribution in [0.3, 0.4) is 0 Å². The Morgan fingerprint density at radius 3 is 2.65 bits per heavy atom. The van der Waals surface area contributed by atoms with E-state index in [4.69, 9.17) is 0 Å². The predicted molar refractivity (Wildman–Crippen MR) is 74.3 cm³/mol. The highest BCUT2D eigenvalue weighted by Crippen LogP contribution is 2.58. The monoisotopic (exact) mass is 251 g/mol. The van der Waals surface area contributed by atoms with E-state index in [1.165, 1.54) is 25.0 Å². The third-order valence-corrected chi connectivity index (χ3v) is 7.56. The maximum Gasteiger partial charge on any atom is 0.0194 e. The van der Waals surface area contributed by atoms with Crippen LogP contribution >= 0.6 is 11.8 Å². The Labute approximate surface area is 109 Å². The quantitative estimate of drug-likeness (QED) is 0.808. The fourth-order valence-corrected chi connectivity index (χ4v) is 6.69. The van der Waals surface area contributed by atoms with Gasteiger partial charge in [-0.05, 0) is 61.5 Å². The molecular weight excluding hydrogens is 226 g/mol. The Morgan fingerprint density at radius 1 is 0.941 bits per heavy atom. The molecule has 0 radical (unpaired) electrons. The van der Waals surface area contributed by atoms with Crippen LogP contribution in [0.25, 0.3) is 0 Å². The molecule has 0 aromatic heterocycles. The molecular formula is C15H25NS. The summed E-state index contributed by atoms with van der Waals surface area (Å²) in [5, 5.41) is 4.91. The molecule has 7 atom stereocenters. The third kappa shape index (κ3) is 1.70. The van der Waals surface area contributed by atoms with Crippen molar-refractivity contribution < 1.29 is 0 Å². The molecule has 96 valence electrons. The van der Waals surface area contributed by atoms with E-state index in [1.807, 2.05) is 0 Å². The first kappa shape index (κ1) is 11.2. The largest absolute Gasteiger partial charge is 0.310 e. The zero-order valence-corrected chi connectivity index (χ0v) is 11.7. The van der Waals surface area contributed by atoms with Crippen LogP contribution in [0.15, 0.2) is 0 Å². The minimum Gasteiger partial charge on any atom is -0.310 e. The van der Waals surface area contributed by atoms with Crippen molar-refractivity contribution in [3.05, 3.63) is 0 Å². The summed E-state index contributed by atoms with van der Waals surface area (Å²) in [6.45, 7) is 2.42. The standard InChI is InChI=1S/C15H25NS/c1-9-14(5-6-17-9)16-15-8-10-7-13(15)12-4-2-3-11(10)12/h9-16H,2-8H2,1H3. The average Bonchev–Trinajstić information content (AvgIpc) is 3.01. The van der Waals surface area contributed by atoms with Gasteiger partial charge in [0.1, 0.15) is 0 Å². The van der Waals surface area contributed by atoms with Gasteiger partial charge in [0.25, 0.3) is 0 Å². The Balaban J connectivity index is 1.44. The van der Waals surface area contributed by atoms with Crippen LogP contribution < -0.4 is 5.32 Å². The van der Waals surface area contributed by atoms with Crippen LogP contribution in [0.5, 0.6) is 0 Å². The summed E-state index contributed by atoms with van der Waals surface area (Å²) in [6.07, 6.45) is 9.15. The number of hydrogen-bond donors (Lipinski definition) is 1. The van der Waals surface area contributed by atoms with Crippen molar-refractivity contribution in [2.75, 3.05) is 5.75 Å². The van der Waals surface area contributed by atoms with Crippen LogP contribution in [0.1, 0.15) is 45.4 Å². The molecule has 1 saturated heterocycles. The SMILES string of the molecule is CC1SCCC1NC1CC2CC1C1CCCC21. The summed E-state index contributed by atoms with van der Waals surface area (Å²) in [7, 11) is 0. The number of thioether (sulfide) groups is 1. The maximum atomic E-state index is 4.05. The Kier molecular flexibility index (Phi) is 2.73. The van der Waals surface area contributed by atoms with Gasteiger partial charge in [0.05, 0.1) is 0 Å². The highest BCUT2D eigenvalue weighted by atomic mass is 32.2. The number of nitrogens with one attached hydrogen (secondary N) is 1. The fraction of sp³-hybridized carbons (Fsp3) is 1.00. The molecule has 4 rings (SSSR count). The van der Waals surface area contributed by atoms with E-state index in [0.717, 1.165) is 41.0 Å². The average molecular weight is 251 g/mol. The van der Waals surface area contributed by atoms with Crippen molar-refractivity contribution in [1.29, 1.82) is 0 Å². The van der Waals surface area contributed by atoms with Crippen molar-refractivity contribution in [3.8, 4) is 0 Å². The molecule has 2 heteroatoms. The lowest BCUT2D eigenvalue weighted by molar-refractivity contribution is 0.197. The van der Waals surface area contributed by atoms with Crippen molar-refractivity contribution in [2.45, 2.75) is 62.8 Å². The van der Waals surface area contributed by atoms with Gasteiger partial charge < -0.3 is 5.32 Å². The molecule has 4 aliphatic rings. The Hall–Kier alpha value is 0.310. The fourth-order valence-electron chi connectivity index (χ4n) is 5.49. The molecule has 1 aliphatic heterocycles. The first-order valence-corrected chi connectivity index (χ1v) is 8.75. The van der Waals surface area contributed by atoms with E-state index in [-0.39, 0.29) is 0 Å². The van der Waals surface area contributed by atoms with Gasteiger partial charge in [0.15, 0.2) is 0 Å². The van der Waals surface area contributed by atoms with Gasteiger partial charge >= 0.3 is 0 Å². The molecule has 1 nitrogen and oxygen atoms in total. The first-order valence-electron chi connectivity index (χ1n) is 7.70. The minimum atomic E-state index is 0.823. The van der Waals surface area contributed by atoms with Gasteiger partial charge in [0.2, 0.25) is 0 Å².